The minimum Gasteiger partial charge on any atom is -0.422 e. The Bertz CT molecular complexity index is 856. The molecule has 3 rings (SSSR count). The van der Waals surface area contributed by atoms with Gasteiger partial charge in [-0.1, -0.05) is 0 Å². The summed E-state index contributed by atoms with van der Waals surface area (Å²) in [5.41, 5.74) is -2.86. The summed E-state index contributed by atoms with van der Waals surface area (Å²) in [5, 5.41) is 9.19. The molecule has 7 nitrogen and oxygen atoms in total. The standard InChI is InChI=1S/C11H6N2O5/c1-12-8(14)4-2-6-7(3-5(4)9(12)15)11(17)13(18)10(6)16/h2-3,18H,1H3. The first kappa shape index (κ1) is 10.5. The van der Waals surface area contributed by atoms with Crippen LogP contribution >= 0.6 is 0 Å². The van der Waals surface area contributed by atoms with Crippen LogP contribution in [0.15, 0.2) is 31.3 Å². The van der Waals surface area contributed by atoms with Crippen LogP contribution in [0.1, 0.15) is 0 Å². The van der Waals surface area contributed by atoms with E-state index in [9.17, 15) is 24.4 Å². The maximum atomic E-state index is 11.7. The highest BCUT2D eigenvalue weighted by Gasteiger charge is 2.17. The molecule has 1 aromatic carbocycles. The van der Waals surface area contributed by atoms with Gasteiger partial charge in [-0.25, -0.2) is 0 Å². The summed E-state index contributed by atoms with van der Waals surface area (Å²) in [4.78, 5) is 46.5. The van der Waals surface area contributed by atoms with Crippen LogP contribution in [0.2, 0.25) is 0 Å². The lowest BCUT2D eigenvalue weighted by Crippen LogP contribution is -2.22. The fourth-order valence-electron chi connectivity index (χ4n) is 2.08. The molecule has 0 spiro atoms. The number of benzene rings is 1. The average Bonchev–Trinajstić information content (AvgIpc) is 2.71. The van der Waals surface area contributed by atoms with E-state index in [0.29, 0.717) is 0 Å². The van der Waals surface area contributed by atoms with E-state index < -0.39 is 22.2 Å². The lowest BCUT2D eigenvalue weighted by molar-refractivity contribution is 0.171. The molecule has 0 aliphatic heterocycles. The van der Waals surface area contributed by atoms with Crippen LogP contribution in [-0.2, 0) is 7.05 Å². The predicted octanol–water partition coefficient (Wildman–Crippen LogP) is -1.31. The molecule has 0 atom stereocenters. The molecule has 0 unspecified atom stereocenters. The topological polar surface area (TPSA) is 98.4 Å². The Morgan fingerprint density at radius 3 is 1.50 bits per heavy atom. The van der Waals surface area contributed by atoms with Gasteiger partial charge in [-0.05, 0) is 12.1 Å². The molecule has 0 bridgehead atoms. The highest BCUT2D eigenvalue weighted by molar-refractivity contribution is 5.97. The summed E-state index contributed by atoms with van der Waals surface area (Å²) < 4.78 is 0.879. The third kappa shape index (κ3) is 0.981. The van der Waals surface area contributed by atoms with Gasteiger partial charge >= 0.3 is 0 Å². The van der Waals surface area contributed by atoms with E-state index in [0.717, 1.165) is 4.57 Å². The molecule has 0 aliphatic rings. The first-order valence-corrected chi connectivity index (χ1v) is 5.01. The van der Waals surface area contributed by atoms with Crippen molar-refractivity contribution in [3.8, 4) is 0 Å². The Hall–Kier alpha value is -2.70. The van der Waals surface area contributed by atoms with E-state index in [2.05, 4.69) is 0 Å². The molecule has 0 saturated carbocycles. The first-order chi connectivity index (χ1) is 8.43. The number of hydrogen-bond acceptors (Lipinski definition) is 5. The van der Waals surface area contributed by atoms with Gasteiger partial charge in [0.25, 0.3) is 22.2 Å². The Morgan fingerprint density at radius 1 is 0.778 bits per heavy atom. The molecule has 2 aromatic heterocycles. The summed E-state index contributed by atoms with van der Waals surface area (Å²) >= 11 is 0. The molecule has 0 radical (unpaired) electrons. The smallest absolute Gasteiger partial charge is 0.294 e. The van der Waals surface area contributed by atoms with E-state index in [4.69, 9.17) is 0 Å². The number of aromatic nitrogens is 2. The largest absolute Gasteiger partial charge is 0.422 e. The Kier molecular flexibility index (Phi) is 1.71. The van der Waals surface area contributed by atoms with Crippen molar-refractivity contribution in [3.05, 3.63) is 53.5 Å². The van der Waals surface area contributed by atoms with Crippen molar-refractivity contribution in [3.63, 3.8) is 0 Å². The third-order valence-corrected chi connectivity index (χ3v) is 3.07. The van der Waals surface area contributed by atoms with Gasteiger partial charge in [-0.2, -0.15) is 0 Å². The number of hydrogen-bond donors (Lipinski definition) is 1. The second-order valence-corrected chi connectivity index (χ2v) is 4.03. The monoisotopic (exact) mass is 246 g/mol. The molecule has 0 amide bonds. The maximum Gasteiger partial charge on any atom is 0.294 e. The zero-order valence-corrected chi connectivity index (χ0v) is 9.13. The van der Waals surface area contributed by atoms with Crippen molar-refractivity contribution in [2.45, 2.75) is 0 Å². The fraction of sp³-hybridized carbons (Fsp3) is 0.0909. The second kappa shape index (κ2) is 2.95. The third-order valence-electron chi connectivity index (χ3n) is 3.07. The van der Waals surface area contributed by atoms with E-state index >= 15 is 0 Å². The van der Waals surface area contributed by atoms with Gasteiger partial charge in [0.2, 0.25) is 0 Å². The minimum atomic E-state index is -0.896. The summed E-state index contributed by atoms with van der Waals surface area (Å²) in [6.45, 7) is 0. The number of fused-ring (bicyclic) bond motifs is 2. The Balaban J connectivity index is 2.78. The van der Waals surface area contributed by atoms with Crippen molar-refractivity contribution < 1.29 is 5.21 Å². The molecular weight excluding hydrogens is 240 g/mol. The molecule has 2 heterocycles. The number of rotatable bonds is 0. The molecular formula is C11H6N2O5. The maximum absolute atomic E-state index is 11.7. The number of nitrogens with zero attached hydrogens (tertiary/aromatic N) is 2. The van der Waals surface area contributed by atoms with Gasteiger partial charge in [-0.15, -0.1) is 4.73 Å². The Labute approximate surface area is 97.4 Å². The normalized spacial score (nSPS) is 11.6. The fourth-order valence-corrected chi connectivity index (χ4v) is 2.08. The zero-order valence-electron chi connectivity index (χ0n) is 9.13. The Morgan fingerprint density at radius 2 is 1.11 bits per heavy atom. The lowest BCUT2D eigenvalue weighted by atomic mass is 10.1. The van der Waals surface area contributed by atoms with Crippen molar-refractivity contribution >= 4 is 21.5 Å². The second-order valence-electron chi connectivity index (χ2n) is 4.03. The van der Waals surface area contributed by atoms with Crippen molar-refractivity contribution in [2.24, 2.45) is 7.05 Å². The van der Waals surface area contributed by atoms with Gasteiger partial charge < -0.3 is 5.21 Å². The highest BCUT2D eigenvalue weighted by atomic mass is 16.5. The lowest BCUT2D eigenvalue weighted by Gasteiger charge is -1.86. The van der Waals surface area contributed by atoms with Crippen molar-refractivity contribution in [1.82, 2.24) is 9.30 Å². The SMILES string of the molecule is Cn1c(=O)c2cc3c(=O)n(O)c(=O)c3cc2c1=O. The average molecular weight is 246 g/mol. The van der Waals surface area contributed by atoms with Crippen molar-refractivity contribution in [1.29, 1.82) is 0 Å². The predicted molar refractivity (Wildman–Crippen MR) is 63.1 cm³/mol. The summed E-state index contributed by atoms with van der Waals surface area (Å²) in [7, 11) is 1.32. The molecule has 7 heteroatoms. The van der Waals surface area contributed by atoms with Crippen LogP contribution in [0.5, 0.6) is 0 Å². The highest BCUT2D eigenvalue weighted by Crippen LogP contribution is 2.13. The van der Waals surface area contributed by atoms with Gasteiger partial charge in [0, 0.05) is 7.05 Å². The minimum absolute atomic E-state index is 0.0293. The van der Waals surface area contributed by atoms with E-state index in [-0.39, 0.29) is 26.3 Å². The molecule has 3 aromatic rings. The van der Waals surface area contributed by atoms with Crippen LogP contribution in [0.25, 0.3) is 21.5 Å². The molecule has 0 aliphatic carbocycles. The van der Waals surface area contributed by atoms with Gasteiger partial charge in [0.05, 0.1) is 21.5 Å². The van der Waals surface area contributed by atoms with Crippen LogP contribution in [-0.4, -0.2) is 14.5 Å². The molecule has 0 saturated heterocycles. The summed E-state index contributed by atoms with van der Waals surface area (Å²) in [6, 6.07) is 2.34. The van der Waals surface area contributed by atoms with Crippen molar-refractivity contribution in [2.75, 3.05) is 0 Å². The van der Waals surface area contributed by atoms with Gasteiger partial charge in [0.1, 0.15) is 0 Å². The van der Waals surface area contributed by atoms with E-state index in [1.54, 1.807) is 0 Å². The quantitative estimate of drug-likeness (QED) is 0.496. The molecule has 18 heavy (non-hydrogen) atoms. The van der Waals surface area contributed by atoms with Gasteiger partial charge in [-0.3, -0.25) is 23.7 Å². The van der Waals surface area contributed by atoms with E-state index in [1.807, 2.05) is 0 Å². The van der Waals surface area contributed by atoms with Crippen LogP contribution < -0.4 is 22.2 Å². The van der Waals surface area contributed by atoms with Crippen LogP contribution in [0, 0.1) is 0 Å². The molecule has 1 N–H and O–H groups in total. The molecule has 0 fully saturated rings. The van der Waals surface area contributed by atoms with E-state index in [1.165, 1.54) is 19.2 Å². The zero-order chi connectivity index (χ0) is 13.2. The van der Waals surface area contributed by atoms with Crippen LogP contribution in [0.3, 0.4) is 0 Å². The summed E-state index contributed by atoms with van der Waals surface area (Å²) in [5.74, 6) is 0. The van der Waals surface area contributed by atoms with Gasteiger partial charge in [0.15, 0.2) is 0 Å². The van der Waals surface area contributed by atoms with Crippen LogP contribution in [0.4, 0.5) is 0 Å². The summed E-state index contributed by atoms with van der Waals surface area (Å²) in [6.07, 6.45) is 0. The molecule has 90 valence electrons. The first-order valence-electron chi connectivity index (χ1n) is 5.01.